The fraction of sp³-hybridized carbons (Fsp3) is 0.556. The van der Waals surface area contributed by atoms with Crippen LogP contribution in [0.25, 0.3) is 0 Å². The lowest BCUT2D eigenvalue weighted by atomic mass is 10.1. The molecular formula is C18H25IO10S. The Balaban J connectivity index is 2.15. The Morgan fingerprint density at radius 2 is 1.33 bits per heavy atom. The van der Waals surface area contributed by atoms with Crippen LogP contribution in [0.4, 0.5) is 0 Å². The summed E-state index contributed by atoms with van der Waals surface area (Å²) in [5.41, 5.74) is 0.178. The molecule has 0 aromatic heterocycles. The molecule has 0 atom stereocenters. The third kappa shape index (κ3) is 11.3. The molecule has 0 amide bonds. The van der Waals surface area contributed by atoms with Crippen molar-refractivity contribution in [3.05, 3.63) is 29.3 Å². The van der Waals surface area contributed by atoms with Crippen LogP contribution in [0.3, 0.4) is 0 Å². The van der Waals surface area contributed by atoms with Crippen LogP contribution in [0.2, 0.25) is 0 Å². The molecule has 0 aliphatic carbocycles. The van der Waals surface area contributed by atoms with Gasteiger partial charge < -0.3 is 28.4 Å². The fourth-order valence-corrected chi connectivity index (χ4v) is 2.57. The van der Waals surface area contributed by atoms with Gasteiger partial charge in [0.25, 0.3) is 0 Å². The van der Waals surface area contributed by atoms with Crippen LogP contribution in [-0.2, 0) is 30.4 Å². The quantitative estimate of drug-likeness (QED) is 0.122. The first kappa shape index (κ1) is 26.9. The summed E-state index contributed by atoms with van der Waals surface area (Å²) in [6.07, 6.45) is 0. The number of hydrogen-bond donors (Lipinski definition) is 0. The molecule has 0 N–H and O–H groups in total. The smallest absolute Gasteiger partial charge is 0.338 e. The first-order chi connectivity index (χ1) is 14.6. The van der Waals surface area contributed by atoms with Gasteiger partial charge >= 0.3 is 11.9 Å². The van der Waals surface area contributed by atoms with E-state index in [-0.39, 0.29) is 17.7 Å². The van der Waals surface area contributed by atoms with Crippen molar-refractivity contribution in [3.8, 4) is 5.75 Å². The molecule has 0 spiro atoms. The molecule has 0 heterocycles. The summed E-state index contributed by atoms with van der Waals surface area (Å²) in [5.74, 6) is -0.874. The Bertz CT molecular complexity index is 631. The van der Waals surface area contributed by atoms with Crippen molar-refractivity contribution < 1.29 is 44.7 Å². The summed E-state index contributed by atoms with van der Waals surface area (Å²) in [6, 6.07) is 4.45. The van der Waals surface area contributed by atoms with E-state index < -0.39 is 11.9 Å². The molecule has 0 radical (unpaired) electrons. The van der Waals surface area contributed by atoms with Crippen LogP contribution in [0.1, 0.15) is 20.7 Å². The van der Waals surface area contributed by atoms with E-state index in [1.807, 2.05) is 0 Å². The van der Waals surface area contributed by atoms with Gasteiger partial charge in [-0.25, -0.2) is 12.1 Å². The van der Waals surface area contributed by atoms with Gasteiger partial charge in [-0.3, -0.25) is 4.18 Å². The second-order valence-corrected chi connectivity index (χ2v) is 6.91. The molecule has 1 aromatic rings. The van der Waals surface area contributed by atoms with Gasteiger partial charge in [-0.05, 0) is 18.2 Å². The number of hydrogen-bond acceptors (Lipinski definition) is 11. The first-order valence-corrected chi connectivity index (χ1v) is 10.4. The van der Waals surface area contributed by atoms with Crippen molar-refractivity contribution in [3.63, 3.8) is 0 Å². The minimum Gasteiger partial charge on any atom is -0.491 e. The highest BCUT2D eigenvalue weighted by molar-refractivity contribution is 14.1. The number of ether oxygens (including phenoxy) is 6. The maximum Gasteiger partial charge on any atom is 0.338 e. The molecular weight excluding hydrogens is 535 g/mol. The predicted molar refractivity (Wildman–Crippen MR) is 116 cm³/mol. The van der Waals surface area contributed by atoms with Gasteiger partial charge in [-0.15, -0.1) is 0 Å². The third-order valence-corrected chi connectivity index (χ3v) is 4.18. The van der Waals surface area contributed by atoms with E-state index in [9.17, 15) is 9.59 Å². The molecule has 0 unspecified atom stereocenters. The highest BCUT2D eigenvalue weighted by Crippen LogP contribution is 2.20. The number of methoxy groups -OCH3 is 2. The largest absolute Gasteiger partial charge is 0.491 e. The van der Waals surface area contributed by atoms with Gasteiger partial charge in [0, 0.05) is 0 Å². The zero-order valence-electron chi connectivity index (χ0n) is 16.8. The summed E-state index contributed by atoms with van der Waals surface area (Å²) >= 11 is 2.62. The van der Waals surface area contributed by atoms with Gasteiger partial charge in [0.1, 0.15) is 35.4 Å². The molecule has 10 nitrogen and oxygen atoms in total. The van der Waals surface area contributed by atoms with Crippen LogP contribution in [0.5, 0.6) is 5.75 Å². The molecule has 0 aliphatic heterocycles. The molecule has 0 saturated carbocycles. The number of carbonyl (C=O) groups is 2. The van der Waals surface area contributed by atoms with E-state index in [1.165, 1.54) is 26.4 Å². The number of halogens is 1. The molecule has 1 aromatic carbocycles. The first-order valence-electron chi connectivity index (χ1n) is 8.87. The number of rotatable bonds is 17. The maximum atomic E-state index is 11.9. The van der Waals surface area contributed by atoms with Crippen LogP contribution < -0.4 is 4.74 Å². The number of carbonyl (C=O) groups excluding carboxylic acids is 2. The van der Waals surface area contributed by atoms with E-state index in [4.69, 9.17) is 27.9 Å². The summed E-state index contributed by atoms with van der Waals surface area (Å²) in [4.78, 5) is 23.6. The molecule has 0 bridgehead atoms. The predicted octanol–water partition coefficient (Wildman–Crippen LogP) is 2.63. The normalized spacial score (nSPS) is 10.6. The van der Waals surface area contributed by atoms with Crippen molar-refractivity contribution in [2.24, 2.45) is 0 Å². The molecule has 170 valence electrons. The highest BCUT2D eigenvalue weighted by Gasteiger charge is 2.19. The Morgan fingerprint density at radius 3 is 1.90 bits per heavy atom. The lowest BCUT2D eigenvalue weighted by Gasteiger charge is -2.11. The van der Waals surface area contributed by atoms with E-state index in [2.05, 4.69) is 7.25 Å². The summed E-state index contributed by atoms with van der Waals surface area (Å²) < 4.78 is 40.6. The highest BCUT2D eigenvalue weighted by atomic mass is 127. The Labute approximate surface area is 193 Å². The van der Waals surface area contributed by atoms with Gasteiger partial charge in [0.05, 0.1) is 71.6 Å². The summed E-state index contributed by atoms with van der Waals surface area (Å²) in [6.45, 7) is 3.25. The average molecular weight is 560 g/mol. The zero-order chi connectivity index (χ0) is 22.0. The monoisotopic (exact) mass is 560 g/mol. The van der Waals surface area contributed by atoms with Crippen LogP contribution in [0.15, 0.2) is 18.2 Å². The zero-order valence-corrected chi connectivity index (χ0v) is 19.7. The van der Waals surface area contributed by atoms with Gasteiger partial charge in [-0.1, -0.05) is 0 Å². The topological polar surface area (TPSA) is 108 Å². The van der Waals surface area contributed by atoms with E-state index in [1.54, 1.807) is 29.1 Å². The third-order valence-electron chi connectivity index (χ3n) is 3.43. The molecule has 1 rings (SSSR count). The summed E-state index contributed by atoms with van der Waals surface area (Å²) in [5, 5.41) is 0. The van der Waals surface area contributed by atoms with Crippen molar-refractivity contribution in [1.82, 2.24) is 0 Å². The fourth-order valence-electron chi connectivity index (χ4n) is 2.09. The minimum atomic E-state index is -0.653. The average Bonchev–Trinajstić information content (AvgIpc) is 2.78. The lowest BCUT2D eigenvalue weighted by molar-refractivity contribution is 0.00567. The number of esters is 2. The van der Waals surface area contributed by atoms with E-state index >= 15 is 0 Å². The van der Waals surface area contributed by atoms with Crippen molar-refractivity contribution in [2.45, 2.75) is 0 Å². The second-order valence-electron chi connectivity index (χ2n) is 5.33. The standard InChI is InChI=1S/C18H25IO10S/c1-22-17(20)15-4-3-14(13-16(15)18(21)23-2)27-11-9-25-7-5-24-6-8-26-10-12-28-30-29-19/h3-4,13H,5-12H2,1-2H3. The van der Waals surface area contributed by atoms with Crippen molar-refractivity contribution >= 4 is 47.3 Å². The Hall–Kier alpha value is -1.16. The van der Waals surface area contributed by atoms with Gasteiger partial charge in [0.2, 0.25) is 0 Å². The van der Waals surface area contributed by atoms with Crippen molar-refractivity contribution in [2.75, 3.05) is 67.1 Å². The van der Waals surface area contributed by atoms with Crippen LogP contribution in [-0.4, -0.2) is 79.0 Å². The van der Waals surface area contributed by atoms with Gasteiger partial charge in [0.15, 0.2) is 12.3 Å². The second kappa shape index (κ2) is 17.5. The van der Waals surface area contributed by atoms with E-state index in [0.29, 0.717) is 52.0 Å². The van der Waals surface area contributed by atoms with Gasteiger partial charge in [-0.2, -0.15) is 0 Å². The van der Waals surface area contributed by atoms with E-state index in [0.717, 1.165) is 12.3 Å². The Morgan fingerprint density at radius 1 is 0.800 bits per heavy atom. The SMILES string of the molecule is COC(=O)c1ccc(OCCOCCOCCOCCOSOI)cc1C(=O)OC. The molecule has 12 heteroatoms. The van der Waals surface area contributed by atoms with Crippen LogP contribution >= 0.6 is 35.3 Å². The maximum absolute atomic E-state index is 11.9. The summed E-state index contributed by atoms with van der Waals surface area (Å²) in [7, 11) is 2.47. The number of benzene rings is 1. The lowest BCUT2D eigenvalue weighted by Crippen LogP contribution is -2.14. The molecule has 0 fully saturated rings. The Kier molecular flexibility index (Phi) is 15.7. The van der Waals surface area contributed by atoms with Crippen molar-refractivity contribution in [1.29, 1.82) is 0 Å². The minimum absolute atomic E-state index is 0.0713. The van der Waals surface area contributed by atoms with Crippen LogP contribution in [0, 0.1) is 0 Å². The molecule has 30 heavy (non-hydrogen) atoms. The molecule has 0 saturated heterocycles. The molecule has 0 aliphatic rings.